The normalized spacial score (nSPS) is 18.7. The fourth-order valence-corrected chi connectivity index (χ4v) is 2.51. The van der Waals surface area contributed by atoms with Crippen molar-refractivity contribution >= 4 is 5.91 Å². The number of ether oxygens (including phenoxy) is 1. The number of hydrogen-bond donors (Lipinski definition) is 1. The molecular formula is C14H19FN2O2. The van der Waals surface area contributed by atoms with Gasteiger partial charge >= 0.3 is 0 Å². The largest absolute Gasteiger partial charge is 0.496 e. The van der Waals surface area contributed by atoms with Gasteiger partial charge in [0, 0.05) is 13.1 Å². The third-order valence-corrected chi connectivity index (χ3v) is 3.48. The summed E-state index contributed by atoms with van der Waals surface area (Å²) < 4.78 is 18.9. The zero-order valence-corrected chi connectivity index (χ0v) is 11.3. The highest BCUT2D eigenvalue weighted by molar-refractivity contribution is 5.97. The Morgan fingerprint density at radius 2 is 2.37 bits per heavy atom. The molecule has 0 saturated carbocycles. The van der Waals surface area contributed by atoms with E-state index in [1.165, 1.54) is 13.2 Å². The van der Waals surface area contributed by atoms with Gasteiger partial charge in [0.05, 0.1) is 7.11 Å². The highest BCUT2D eigenvalue weighted by Gasteiger charge is 2.29. The Kier molecular flexibility index (Phi) is 4.37. The summed E-state index contributed by atoms with van der Waals surface area (Å²) in [5, 5.41) is 3.11. The summed E-state index contributed by atoms with van der Waals surface area (Å²) in [5.74, 6) is -0.0799. The lowest BCUT2D eigenvalue weighted by molar-refractivity contribution is 0.0779. The summed E-state index contributed by atoms with van der Waals surface area (Å²) >= 11 is 0. The van der Waals surface area contributed by atoms with Crippen molar-refractivity contribution in [2.24, 2.45) is 5.92 Å². The van der Waals surface area contributed by atoms with Crippen LogP contribution in [0, 0.1) is 11.7 Å². The van der Waals surface area contributed by atoms with Crippen LogP contribution in [0.25, 0.3) is 0 Å². The quantitative estimate of drug-likeness (QED) is 0.898. The topological polar surface area (TPSA) is 41.6 Å². The molecular weight excluding hydrogens is 247 g/mol. The maximum atomic E-state index is 13.8. The van der Waals surface area contributed by atoms with Crippen molar-refractivity contribution in [2.45, 2.75) is 6.42 Å². The van der Waals surface area contributed by atoms with Crippen LogP contribution in [0.5, 0.6) is 5.75 Å². The summed E-state index contributed by atoms with van der Waals surface area (Å²) in [5.41, 5.74) is 0.0371. The lowest BCUT2D eigenvalue weighted by Gasteiger charge is -2.18. The molecule has 19 heavy (non-hydrogen) atoms. The van der Waals surface area contributed by atoms with E-state index in [2.05, 4.69) is 5.32 Å². The van der Waals surface area contributed by atoms with Gasteiger partial charge in [0.25, 0.3) is 5.91 Å². The van der Waals surface area contributed by atoms with Crippen LogP contribution in [0.2, 0.25) is 0 Å². The number of nitrogens with one attached hydrogen (secondary N) is 1. The molecule has 1 atom stereocenters. The van der Waals surface area contributed by atoms with Gasteiger partial charge in [-0.25, -0.2) is 4.39 Å². The average molecular weight is 266 g/mol. The number of methoxy groups -OCH3 is 1. The molecule has 0 radical (unpaired) electrons. The minimum Gasteiger partial charge on any atom is -0.496 e. The van der Waals surface area contributed by atoms with E-state index in [9.17, 15) is 9.18 Å². The number of amides is 1. The molecule has 1 N–H and O–H groups in total. The average Bonchev–Trinajstić information content (AvgIpc) is 2.86. The number of halogens is 1. The van der Waals surface area contributed by atoms with E-state index in [0.29, 0.717) is 24.8 Å². The smallest absolute Gasteiger partial charge is 0.260 e. The third kappa shape index (κ3) is 2.87. The van der Waals surface area contributed by atoms with Gasteiger partial charge in [-0.05, 0) is 38.1 Å². The highest BCUT2D eigenvalue weighted by Crippen LogP contribution is 2.25. The van der Waals surface area contributed by atoms with E-state index in [0.717, 1.165) is 13.0 Å². The minimum absolute atomic E-state index is 0.0371. The predicted octanol–water partition coefficient (Wildman–Crippen LogP) is 1.52. The summed E-state index contributed by atoms with van der Waals surface area (Å²) in [7, 11) is 3.34. The second-order valence-electron chi connectivity index (χ2n) is 4.78. The molecule has 0 spiro atoms. The number of rotatable bonds is 4. The van der Waals surface area contributed by atoms with Crippen molar-refractivity contribution in [3.63, 3.8) is 0 Å². The maximum absolute atomic E-state index is 13.8. The summed E-state index contributed by atoms with van der Waals surface area (Å²) in [4.78, 5) is 14.1. The molecule has 0 bridgehead atoms. The van der Waals surface area contributed by atoms with Crippen molar-refractivity contribution < 1.29 is 13.9 Å². The lowest BCUT2D eigenvalue weighted by atomic mass is 10.1. The van der Waals surface area contributed by atoms with Gasteiger partial charge in [-0.2, -0.15) is 0 Å². The molecule has 1 amide bonds. The Balaban J connectivity index is 2.17. The molecule has 4 nitrogen and oxygen atoms in total. The van der Waals surface area contributed by atoms with Crippen LogP contribution >= 0.6 is 0 Å². The minimum atomic E-state index is -0.526. The molecule has 0 aliphatic carbocycles. The van der Waals surface area contributed by atoms with Crippen LogP contribution < -0.4 is 10.1 Å². The highest BCUT2D eigenvalue weighted by atomic mass is 19.1. The van der Waals surface area contributed by atoms with Crippen LogP contribution in [-0.2, 0) is 0 Å². The molecule has 0 aromatic heterocycles. The molecule has 5 heteroatoms. The van der Waals surface area contributed by atoms with E-state index < -0.39 is 5.82 Å². The number of hydrogen-bond acceptors (Lipinski definition) is 3. The van der Waals surface area contributed by atoms with Gasteiger partial charge in [-0.3, -0.25) is 4.79 Å². The summed E-state index contributed by atoms with van der Waals surface area (Å²) in [6, 6.07) is 4.44. The first-order chi connectivity index (χ1) is 9.17. The van der Waals surface area contributed by atoms with Crippen molar-refractivity contribution in [2.75, 3.05) is 33.8 Å². The van der Waals surface area contributed by atoms with Crippen LogP contribution in [0.3, 0.4) is 0 Å². The van der Waals surface area contributed by atoms with Crippen molar-refractivity contribution in [1.82, 2.24) is 10.2 Å². The van der Waals surface area contributed by atoms with Gasteiger partial charge in [-0.15, -0.1) is 0 Å². The summed E-state index contributed by atoms with van der Waals surface area (Å²) in [6.07, 6.45) is 0.948. The predicted molar refractivity (Wildman–Crippen MR) is 70.9 cm³/mol. The molecule has 1 saturated heterocycles. The number of carbonyl (C=O) groups is 1. The van der Waals surface area contributed by atoms with Crippen LogP contribution in [0.15, 0.2) is 18.2 Å². The first-order valence-electron chi connectivity index (χ1n) is 6.43. The van der Waals surface area contributed by atoms with Gasteiger partial charge in [0.15, 0.2) is 0 Å². The Bertz CT molecular complexity index is 465. The van der Waals surface area contributed by atoms with Gasteiger partial charge in [0.2, 0.25) is 0 Å². The SMILES string of the molecule is CNCC1CCN(C(=O)c2c(F)cccc2OC)C1. The number of benzene rings is 1. The molecule has 1 aromatic rings. The van der Waals surface area contributed by atoms with Gasteiger partial charge in [-0.1, -0.05) is 6.07 Å². The Morgan fingerprint density at radius 3 is 3.05 bits per heavy atom. The van der Waals surface area contributed by atoms with Crippen molar-refractivity contribution in [3.05, 3.63) is 29.6 Å². The molecule has 1 aliphatic rings. The summed E-state index contributed by atoms with van der Waals surface area (Å²) in [6.45, 7) is 2.21. The molecule has 2 rings (SSSR count). The zero-order chi connectivity index (χ0) is 13.8. The monoisotopic (exact) mass is 266 g/mol. The first kappa shape index (κ1) is 13.8. The van der Waals surface area contributed by atoms with Crippen molar-refractivity contribution in [1.29, 1.82) is 0 Å². The molecule has 1 aromatic carbocycles. The fourth-order valence-electron chi connectivity index (χ4n) is 2.51. The third-order valence-electron chi connectivity index (χ3n) is 3.48. The zero-order valence-electron chi connectivity index (χ0n) is 11.3. The lowest BCUT2D eigenvalue weighted by Crippen LogP contribution is -2.31. The number of nitrogens with zero attached hydrogens (tertiary/aromatic N) is 1. The Labute approximate surface area is 112 Å². The molecule has 1 fully saturated rings. The second-order valence-corrected chi connectivity index (χ2v) is 4.78. The van der Waals surface area contributed by atoms with Crippen molar-refractivity contribution in [3.8, 4) is 5.75 Å². The molecule has 1 heterocycles. The second kappa shape index (κ2) is 6.02. The van der Waals surface area contributed by atoms with Crippen LogP contribution in [-0.4, -0.2) is 44.6 Å². The molecule has 104 valence electrons. The number of carbonyl (C=O) groups excluding carboxylic acids is 1. The molecule has 1 unspecified atom stereocenters. The Morgan fingerprint density at radius 1 is 1.58 bits per heavy atom. The molecule has 1 aliphatic heterocycles. The van der Waals surface area contributed by atoms with Crippen LogP contribution in [0.4, 0.5) is 4.39 Å². The van der Waals surface area contributed by atoms with E-state index in [1.54, 1.807) is 17.0 Å². The van der Waals surface area contributed by atoms with E-state index in [4.69, 9.17) is 4.74 Å². The first-order valence-corrected chi connectivity index (χ1v) is 6.43. The standard InChI is InChI=1S/C14H19FN2O2/c1-16-8-10-6-7-17(9-10)14(18)13-11(15)4-3-5-12(13)19-2/h3-5,10,16H,6-9H2,1-2H3. The maximum Gasteiger partial charge on any atom is 0.260 e. The van der Waals surface area contributed by atoms with E-state index in [-0.39, 0.29) is 11.5 Å². The van der Waals surface area contributed by atoms with Gasteiger partial charge < -0.3 is 15.0 Å². The van der Waals surface area contributed by atoms with E-state index in [1.807, 2.05) is 7.05 Å². The number of likely N-dealkylation sites (tertiary alicyclic amines) is 1. The van der Waals surface area contributed by atoms with E-state index >= 15 is 0 Å². The fraction of sp³-hybridized carbons (Fsp3) is 0.500. The Hall–Kier alpha value is -1.62. The van der Waals surface area contributed by atoms with Gasteiger partial charge in [0.1, 0.15) is 17.1 Å². The van der Waals surface area contributed by atoms with Crippen LogP contribution in [0.1, 0.15) is 16.8 Å².